The highest BCUT2D eigenvalue weighted by atomic mass is 32.2. The number of benzene rings is 3. The predicted octanol–water partition coefficient (Wildman–Crippen LogP) is 3.24. The molecule has 0 aliphatic heterocycles. The summed E-state index contributed by atoms with van der Waals surface area (Å²) in [5.41, 5.74) is 1.96. The molecule has 0 aliphatic rings. The van der Waals surface area contributed by atoms with Gasteiger partial charge in [-0.05, 0) is 54.6 Å². The molecule has 1 aromatic heterocycles. The lowest BCUT2D eigenvalue weighted by Gasteiger charge is -2.15. The summed E-state index contributed by atoms with van der Waals surface area (Å²) < 4.78 is 60.1. The minimum absolute atomic E-state index is 0.0453. The molecule has 174 valence electrons. The second-order valence-electron chi connectivity index (χ2n) is 7.24. The first-order valence-electron chi connectivity index (χ1n) is 9.85. The van der Waals surface area contributed by atoms with E-state index in [0.29, 0.717) is 11.4 Å². The minimum Gasteiger partial charge on any atom is -0.497 e. The molecule has 0 N–H and O–H groups in total. The summed E-state index contributed by atoms with van der Waals surface area (Å²) in [5, 5.41) is 11.2. The van der Waals surface area contributed by atoms with Crippen molar-refractivity contribution >= 4 is 37.4 Å². The van der Waals surface area contributed by atoms with Crippen LogP contribution in [-0.2, 0) is 25.1 Å². The lowest BCUT2D eigenvalue weighted by Crippen LogP contribution is -2.16. The molecule has 0 spiro atoms. The molecule has 0 bridgehead atoms. The van der Waals surface area contributed by atoms with Crippen LogP contribution < -0.4 is 9.80 Å². The number of nitriles is 1. The van der Waals surface area contributed by atoms with Gasteiger partial charge < -0.3 is 9.30 Å². The molecule has 0 fully saturated rings. The van der Waals surface area contributed by atoms with Crippen LogP contribution in [0.5, 0.6) is 5.75 Å². The van der Waals surface area contributed by atoms with Crippen LogP contribution in [-0.4, -0.2) is 35.6 Å². The third kappa shape index (κ3) is 4.47. The summed E-state index contributed by atoms with van der Waals surface area (Å²) >= 11 is 0. The van der Waals surface area contributed by atoms with Gasteiger partial charge in [-0.1, -0.05) is 12.1 Å². The van der Waals surface area contributed by atoms with Crippen LogP contribution in [0.2, 0.25) is 0 Å². The Morgan fingerprint density at radius 3 is 2.50 bits per heavy atom. The number of thiol groups is 1. The van der Waals surface area contributed by atoms with E-state index in [4.69, 9.17) is 9.02 Å². The summed E-state index contributed by atoms with van der Waals surface area (Å²) in [6, 6.07) is 19.6. The summed E-state index contributed by atoms with van der Waals surface area (Å²) in [4.78, 5) is -0.00495. The van der Waals surface area contributed by atoms with Gasteiger partial charge in [-0.25, -0.2) is 21.9 Å². The standard InChI is InChI=1S/C23H19N3O6S2/c1-25(32-33(27)28)18-7-6-17-8-9-26(23(17)13-18)19-4-3-5-21(12-19)34(29,30)22-11-16(15-24)10-20(14-22)31-2/h3-14,33H,1-2H3. The zero-order chi connectivity index (χ0) is 24.5. The first-order valence-corrected chi connectivity index (χ1v) is 12.4. The van der Waals surface area contributed by atoms with Crippen molar-refractivity contribution < 1.29 is 25.9 Å². The molecule has 0 unspecified atom stereocenters. The van der Waals surface area contributed by atoms with Crippen molar-refractivity contribution in [3.8, 4) is 17.5 Å². The van der Waals surface area contributed by atoms with E-state index in [-0.39, 0.29) is 21.1 Å². The number of rotatable bonds is 7. The Morgan fingerprint density at radius 1 is 1.00 bits per heavy atom. The zero-order valence-corrected chi connectivity index (χ0v) is 19.8. The third-order valence-corrected chi connectivity index (χ3v) is 7.30. The molecular formula is C23H19N3O6S2. The van der Waals surface area contributed by atoms with E-state index in [1.54, 1.807) is 41.1 Å². The average molecular weight is 498 g/mol. The van der Waals surface area contributed by atoms with Gasteiger partial charge in [0, 0.05) is 24.3 Å². The maximum absolute atomic E-state index is 13.3. The van der Waals surface area contributed by atoms with Gasteiger partial charge in [0.15, 0.2) is 0 Å². The average Bonchev–Trinajstić information content (AvgIpc) is 3.26. The Hall–Kier alpha value is -3.85. The van der Waals surface area contributed by atoms with Gasteiger partial charge in [0.1, 0.15) is 5.75 Å². The molecule has 0 saturated carbocycles. The quantitative estimate of drug-likeness (QED) is 0.305. The van der Waals surface area contributed by atoms with Gasteiger partial charge >= 0.3 is 0 Å². The highest BCUT2D eigenvalue weighted by Gasteiger charge is 2.20. The lowest BCUT2D eigenvalue weighted by molar-refractivity contribution is 0.320. The minimum atomic E-state index is -3.95. The summed E-state index contributed by atoms with van der Waals surface area (Å²) in [6.07, 6.45) is 1.79. The molecular weight excluding hydrogens is 478 g/mol. The number of methoxy groups -OCH3 is 1. The highest BCUT2D eigenvalue weighted by Crippen LogP contribution is 2.30. The van der Waals surface area contributed by atoms with E-state index in [0.717, 1.165) is 16.0 Å². The number of hydrogen-bond acceptors (Lipinski definition) is 8. The van der Waals surface area contributed by atoms with Gasteiger partial charge in [-0.3, -0.25) is 0 Å². The zero-order valence-electron chi connectivity index (χ0n) is 18.1. The molecule has 0 atom stereocenters. The fourth-order valence-corrected chi connectivity index (χ4v) is 5.18. The Balaban J connectivity index is 1.80. The van der Waals surface area contributed by atoms with Gasteiger partial charge in [0.2, 0.25) is 9.84 Å². The van der Waals surface area contributed by atoms with Crippen molar-refractivity contribution in [3.63, 3.8) is 0 Å². The predicted molar refractivity (Wildman–Crippen MR) is 126 cm³/mol. The molecule has 9 nitrogen and oxygen atoms in total. The number of aromatic nitrogens is 1. The van der Waals surface area contributed by atoms with Crippen LogP contribution >= 0.6 is 0 Å². The topological polar surface area (TPSA) is 119 Å². The van der Waals surface area contributed by atoms with E-state index < -0.39 is 20.8 Å². The number of hydrogen-bond donors (Lipinski definition) is 1. The van der Waals surface area contributed by atoms with Crippen LogP contribution in [0.3, 0.4) is 0 Å². The molecule has 0 amide bonds. The number of ether oxygens (including phenoxy) is 1. The van der Waals surface area contributed by atoms with E-state index in [1.807, 2.05) is 12.1 Å². The van der Waals surface area contributed by atoms with Crippen LogP contribution in [0.25, 0.3) is 16.6 Å². The van der Waals surface area contributed by atoms with Crippen molar-refractivity contribution in [3.05, 3.63) is 78.5 Å². The van der Waals surface area contributed by atoms with Crippen LogP contribution in [0.15, 0.2) is 82.7 Å². The monoisotopic (exact) mass is 497 g/mol. The second kappa shape index (κ2) is 9.18. The molecule has 0 radical (unpaired) electrons. The number of anilines is 1. The van der Waals surface area contributed by atoms with E-state index in [1.165, 1.54) is 44.5 Å². The first kappa shape index (κ1) is 23.3. The van der Waals surface area contributed by atoms with E-state index >= 15 is 0 Å². The fourth-order valence-electron chi connectivity index (χ4n) is 3.53. The fraction of sp³-hybridized carbons (Fsp3) is 0.0870. The molecule has 34 heavy (non-hydrogen) atoms. The summed E-state index contributed by atoms with van der Waals surface area (Å²) in [7, 11) is -4.15. The first-order chi connectivity index (χ1) is 16.2. The Labute approximate surface area is 198 Å². The third-order valence-electron chi connectivity index (χ3n) is 5.19. The largest absolute Gasteiger partial charge is 0.497 e. The van der Waals surface area contributed by atoms with Crippen molar-refractivity contribution in [1.29, 1.82) is 5.26 Å². The van der Waals surface area contributed by atoms with Crippen LogP contribution in [0.1, 0.15) is 5.56 Å². The van der Waals surface area contributed by atoms with Gasteiger partial charge in [0.25, 0.3) is 11.0 Å². The Bertz CT molecular complexity index is 1610. The lowest BCUT2D eigenvalue weighted by atomic mass is 10.2. The van der Waals surface area contributed by atoms with E-state index in [9.17, 15) is 22.1 Å². The summed E-state index contributed by atoms with van der Waals surface area (Å²) in [6.45, 7) is 0. The van der Waals surface area contributed by atoms with Crippen molar-refractivity contribution in [1.82, 2.24) is 4.57 Å². The molecule has 0 aliphatic carbocycles. The van der Waals surface area contributed by atoms with Crippen molar-refractivity contribution in [2.45, 2.75) is 9.79 Å². The SMILES string of the molecule is COc1cc(C#N)cc(S(=O)(=O)c2cccc(-n3ccc4ccc(N(C)O[SH](=O)=O)cc43)c2)c1. The Kier molecular flexibility index (Phi) is 6.30. The summed E-state index contributed by atoms with van der Waals surface area (Å²) in [5.74, 6) is 0.267. The molecule has 3 aromatic carbocycles. The number of fused-ring (bicyclic) bond motifs is 1. The maximum atomic E-state index is 13.3. The molecule has 0 saturated heterocycles. The molecule has 11 heteroatoms. The van der Waals surface area contributed by atoms with Gasteiger partial charge in [-0.2, -0.15) is 9.55 Å². The second-order valence-corrected chi connectivity index (χ2v) is 9.80. The van der Waals surface area contributed by atoms with Crippen molar-refractivity contribution in [2.24, 2.45) is 0 Å². The Morgan fingerprint density at radius 2 is 1.79 bits per heavy atom. The molecule has 4 rings (SSSR count). The normalized spacial score (nSPS) is 11.5. The van der Waals surface area contributed by atoms with Crippen LogP contribution in [0, 0.1) is 11.3 Å². The van der Waals surface area contributed by atoms with E-state index in [2.05, 4.69) is 0 Å². The number of nitrogens with zero attached hydrogens (tertiary/aromatic N) is 3. The number of sulfone groups is 1. The molecule has 1 heterocycles. The van der Waals surface area contributed by atoms with Gasteiger partial charge in [-0.15, -0.1) is 0 Å². The molecule has 4 aromatic rings. The number of hydroxylamine groups is 1. The van der Waals surface area contributed by atoms with Gasteiger partial charge in [0.05, 0.1) is 39.7 Å². The highest BCUT2D eigenvalue weighted by molar-refractivity contribution is 7.91. The maximum Gasteiger partial charge on any atom is 0.277 e. The van der Waals surface area contributed by atoms with Crippen molar-refractivity contribution in [2.75, 3.05) is 19.2 Å². The smallest absolute Gasteiger partial charge is 0.277 e. The van der Waals surface area contributed by atoms with Crippen LogP contribution in [0.4, 0.5) is 5.69 Å².